The van der Waals surface area contributed by atoms with Crippen LogP contribution >= 0.6 is 11.3 Å². The summed E-state index contributed by atoms with van der Waals surface area (Å²) in [6, 6.07) is 6.97. The van der Waals surface area contributed by atoms with Gasteiger partial charge in [0.15, 0.2) is 0 Å². The second-order valence-corrected chi connectivity index (χ2v) is 5.93. The fraction of sp³-hybridized carbons (Fsp3) is 0.400. The number of hydrogen-bond acceptors (Lipinski definition) is 4. The highest BCUT2D eigenvalue weighted by Crippen LogP contribution is 2.32. The highest BCUT2D eigenvalue weighted by molar-refractivity contribution is 7.09. The zero-order valence-electron chi connectivity index (χ0n) is 11.5. The molecule has 1 aliphatic heterocycles. The number of nitrogens with zero attached hydrogens (tertiary/aromatic N) is 2. The second kappa shape index (κ2) is 5.99. The van der Waals surface area contributed by atoms with E-state index in [0.29, 0.717) is 0 Å². The van der Waals surface area contributed by atoms with Gasteiger partial charge in [0, 0.05) is 42.8 Å². The summed E-state index contributed by atoms with van der Waals surface area (Å²) in [5, 5.41) is 6.35. The van der Waals surface area contributed by atoms with Crippen LogP contribution in [-0.2, 0) is 0 Å². The quantitative estimate of drug-likeness (QED) is 0.942. The third-order valence-electron chi connectivity index (χ3n) is 3.59. The van der Waals surface area contributed by atoms with E-state index in [2.05, 4.69) is 15.2 Å². The second-order valence-electron chi connectivity index (χ2n) is 5.04. The van der Waals surface area contributed by atoms with Gasteiger partial charge in [-0.3, -0.25) is 4.90 Å². The number of aromatic nitrogens is 1. The molecule has 0 radical (unpaired) electrons. The zero-order chi connectivity index (χ0) is 13.9. The van der Waals surface area contributed by atoms with Crippen LogP contribution in [0.4, 0.5) is 4.39 Å². The molecule has 1 N–H and O–H groups in total. The molecule has 0 saturated carbocycles. The van der Waals surface area contributed by atoms with E-state index in [1.54, 1.807) is 17.4 Å². The molecule has 5 heteroatoms. The predicted molar refractivity (Wildman–Crippen MR) is 79.5 cm³/mol. The molecular formula is C15H18FN3S. The van der Waals surface area contributed by atoms with Crippen LogP contribution in [0.5, 0.6) is 0 Å². The van der Waals surface area contributed by atoms with Gasteiger partial charge in [-0.05, 0) is 13.0 Å². The maximum Gasteiger partial charge on any atom is 0.128 e. The fourth-order valence-corrected chi connectivity index (χ4v) is 3.57. The summed E-state index contributed by atoms with van der Waals surface area (Å²) in [7, 11) is 0. The molecule has 3 rings (SSSR count). The molecule has 1 atom stereocenters. The van der Waals surface area contributed by atoms with E-state index in [9.17, 15) is 4.39 Å². The van der Waals surface area contributed by atoms with Crippen molar-refractivity contribution in [2.24, 2.45) is 0 Å². The maximum atomic E-state index is 14.2. The van der Waals surface area contributed by atoms with Crippen molar-refractivity contribution in [3.8, 4) is 0 Å². The third-order valence-corrected chi connectivity index (χ3v) is 4.60. The molecule has 2 heterocycles. The van der Waals surface area contributed by atoms with Crippen molar-refractivity contribution in [1.29, 1.82) is 0 Å². The minimum atomic E-state index is -0.149. The highest BCUT2D eigenvalue weighted by Gasteiger charge is 2.28. The van der Waals surface area contributed by atoms with Gasteiger partial charge in [0.25, 0.3) is 0 Å². The number of aryl methyl sites for hydroxylation is 1. The van der Waals surface area contributed by atoms with Crippen molar-refractivity contribution in [3.05, 3.63) is 51.7 Å². The van der Waals surface area contributed by atoms with Gasteiger partial charge in [0.2, 0.25) is 0 Å². The highest BCUT2D eigenvalue weighted by atomic mass is 32.1. The largest absolute Gasteiger partial charge is 0.314 e. The van der Waals surface area contributed by atoms with E-state index in [0.717, 1.165) is 42.4 Å². The Morgan fingerprint density at radius 1 is 1.30 bits per heavy atom. The lowest BCUT2D eigenvalue weighted by atomic mass is 10.0. The van der Waals surface area contributed by atoms with Crippen LogP contribution in [0, 0.1) is 12.7 Å². The van der Waals surface area contributed by atoms with Gasteiger partial charge in [0.05, 0.1) is 6.04 Å². The summed E-state index contributed by atoms with van der Waals surface area (Å²) in [5.74, 6) is -0.149. The number of benzene rings is 1. The summed E-state index contributed by atoms with van der Waals surface area (Å²) < 4.78 is 14.2. The van der Waals surface area contributed by atoms with Gasteiger partial charge < -0.3 is 5.32 Å². The van der Waals surface area contributed by atoms with Crippen molar-refractivity contribution >= 4 is 11.3 Å². The van der Waals surface area contributed by atoms with Crippen molar-refractivity contribution in [2.45, 2.75) is 13.0 Å². The van der Waals surface area contributed by atoms with Crippen molar-refractivity contribution in [2.75, 3.05) is 26.2 Å². The molecule has 2 aromatic rings. The SMILES string of the molecule is Cc1csc(C(c2ccccc2F)N2CCNCC2)n1. The van der Waals surface area contributed by atoms with Crippen LogP contribution in [0.1, 0.15) is 22.3 Å². The monoisotopic (exact) mass is 291 g/mol. The number of hydrogen-bond donors (Lipinski definition) is 1. The Hall–Kier alpha value is -1.30. The van der Waals surface area contributed by atoms with Crippen molar-refractivity contribution < 1.29 is 4.39 Å². The minimum Gasteiger partial charge on any atom is -0.314 e. The molecule has 20 heavy (non-hydrogen) atoms. The molecule has 0 bridgehead atoms. The summed E-state index contributed by atoms with van der Waals surface area (Å²) in [4.78, 5) is 6.91. The van der Waals surface area contributed by atoms with Crippen LogP contribution in [0.2, 0.25) is 0 Å². The Balaban J connectivity index is 2.01. The molecule has 1 saturated heterocycles. The Kier molecular flexibility index (Phi) is 4.10. The standard InChI is InChI=1S/C15H18FN3S/c1-11-10-20-15(18-11)14(19-8-6-17-7-9-19)12-4-2-3-5-13(12)16/h2-5,10,14,17H,6-9H2,1H3. The molecular weight excluding hydrogens is 273 g/mol. The number of piperazine rings is 1. The first kappa shape index (κ1) is 13.7. The van der Waals surface area contributed by atoms with E-state index in [-0.39, 0.29) is 11.9 Å². The average molecular weight is 291 g/mol. The fourth-order valence-electron chi connectivity index (χ4n) is 2.62. The first-order valence-electron chi connectivity index (χ1n) is 6.87. The van der Waals surface area contributed by atoms with E-state index < -0.39 is 0 Å². The third kappa shape index (κ3) is 2.75. The maximum absolute atomic E-state index is 14.2. The number of nitrogens with one attached hydrogen (secondary N) is 1. The van der Waals surface area contributed by atoms with Gasteiger partial charge >= 0.3 is 0 Å². The molecule has 1 fully saturated rings. The number of halogens is 1. The first-order valence-corrected chi connectivity index (χ1v) is 7.75. The lowest BCUT2D eigenvalue weighted by molar-refractivity contribution is 0.195. The Morgan fingerprint density at radius 2 is 2.05 bits per heavy atom. The molecule has 0 spiro atoms. The molecule has 106 valence electrons. The smallest absolute Gasteiger partial charge is 0.128 e. The van der Waals surface area contributed by atoms with Gasteiger partial charge in [-0.1, -0.05) is 18.2 Å². The summed E-state index contributed by atoms with van der Waals surface area (Å²) in [5.41, 5.74) is 1.73. The van der Waals surface area contributed by atoms with E-state index >= 15 is 0 Å². The van der Waals surface area contributed by atoms with Crippen LogP contribution in [0.25, 0.3) is 0 Å². The molecule has 1 aromatic heterocycles. The summed E-state index contributed by atoms with van der Waals surface area (Å²) >= 11 is 1.61. The normalized spacial score (nSPS) is 18.1. The van der Waals surface area contributed by atoms with E-state index in [1.807, 2.05) is 24.4 Å². The topological polar surface area (TPSA) is 28.2 Å². The first-order chi connectivity index (χ1) is 9.75. The minimum absolute atomic E-state index is 0.0722. The van der Waals surface area contributed by atoms with Gasteiger partial charge in [-0.15, -0.1) is 11.3 Å². The average Bonchev–Trinajstić information content (AvgIpc) is 2.89. The van der Waals surface area contributed by atoms with Crippen molar-refractivity contribution in [1.82, 2.24) is 15.2 Å². The lowest BCUT2D eigenvalue weighted by Crippen LogP contribution is -2.45. The molecule has 1 aromatic carbocycles. The molecule has 0 amide bonds. The van der Waals surface area contributed by atoms with Crippen LogP contribution in [-0.4, -0.2) is 36.1 Å². The van der Waals surface area contributed by atoms with Crippen LogP contribution in [0.15, 0.2) is 29.6 Å². The Morgan fingerprint density at radius 3 is 2.70 bits per heavy atom. The molecule has 0 aliphatic carbocycles. The van der Waals surface area contributed by atoms with Gasteiger partial charge in [0.1, 0.15) is 10.8 Å². The van der Waals surface area contributed by atoms with Gasteiger partial charge in [-0.25, -0.2) is 9.37 Å². The lowest BCUT2D eigenvalue weighted by Gasteiger charge is -2.34. The zero-order valence-corrected chi connectivity index (χ0v) is 12.3. The predicted octanol–water partition coefficient (Wildman–Crippen LogP) is 2.59. The Bertz CT molecular complexity index is 578. The number of thiazole rings is 1. The summed E-state index contributed by atoms with van der Waals surface area (Å²) in [6.45, 7) is 5.69. The Labute approximate surface area is 122 Å². The van der Waals surface area contributed by atoms with Gasteiger partial charge in [-0.2, -0.15) is 0 Å². The van der Waals surface area contributed by atoms with Crippen LogP contribution < -0.4 is 5.32 Å². The molecule has 3 nitrogen and oxygen atoms in total. The van der Waals surface area contributed by atoms with Crippen LogP contribution in [0.3, 0.4) is 0 Å². The van der Waals surface area contributed by atoms with Crippen molar-refractivity contribution in [3.63, 3.8) is 0 Å². The molecule has 1 unspecified atom stereocenters. The van der Waals surface area contributed by atoms with E-state index in [4.69, 9.17) is 0 Å². The molecule has 1 aliphatic rings. The number of rotatable bonds is 3. The summed E-state index contributed by atoms with van der Waals surface area (Å²) in [6.07, 6.45) is 0. The van der Waals surface area contributed by atoms with E-state index in [1.165, 1.54) is 6.07 Å².